The highest BCUT2D eigenvalue weighted by Gasteiger charge is 2.12. The average Bonchev–Trinajstić information content (AvgIpc) is 2.65. The summed E-state index contributed by atoms with van der Waals surface area (Å²) >= 11 is 2.86. The van der Waals surface area contributed by atoms with E-state index in [1.807, 2.05) is 0 Å². The molecule has 0 amide bonds. The van der Waals surface area contributed by atoms with E-state index in [1.54, 1.807) is 13.8 Å². The fourth-order valence-electron chi connectivity index (χ4n) is 1.35. The molecular weight excluding hydrogens is 306 g/mol. The quantitative estimate of drug-likeness (QED) is 0.582. The summed E-state index contributed by atoms with van der Waals surface area (Å²) in [5, 5.41) is 8.74. The molecule has 5 nitrogen and oxygen atoms in total. The first-order chi connectivity index (χ1) is 8.84. The topological polar surface area (TPSA) is 84.3 Å². The number of nitrogens with zero attached hydrogens (tertiary/aromatic N) is 1. The van der Waals surface area contributed by atoms with Gasteiger partial charge in [-0.05, 0) is 13.3 Å². The van der Waals surface area contributed by atoms with Crippen molar-refractivity contribution in [1.82, 2.24) is 4.98 Å². The molecule has 0 fully saturated rings. The van der Waals surface area contributed by atoms with Gasteiger partial charge in [0.05, 0.1) is 17.9 Å². The van der Waals surface area contributed by atoms with E-state index in [0.29, 0.717) is 12.2 Å². The number of thioether (sulfide) groups is 1. The highest BCUT2D eigenvalue weighted by Crippen LogP contribution is 2.28. The van der Waals surface area contributed by atoms with Gasteiger partial charge in [0, 0.05) is 16.4 Å². The second-order valence-corrected chi connectivity index (χ2v) is 8.90. The summed E-state index contributed by atoms with van der Waals surface area (Å²) < 4.78 is 23.4. The van der Waals surface area contributed by atoms with Gasteiger partial charge in [-0.3, -0.25) is 4.79 Å². The van der Waals surface area contributed by atoms with Crippen molar-refractivity contribution in [2.24, 2.45) is 0 Å². The van der Waals surface area contributed by atoms with Gasteiger partial charge in [0.2, 0.25) is 0 Å². The number of aliphatic carboxylic acids is 1. The van der Waals surface area contributed by atoms with Crippen LogP contribution in [-0.2, 0) is 21.1 Å². The molecule has 1 aromatic rings. The maximum Gasteiger partial charge on any atom is 0.308 e. The van der Waals surface area contributed by atoms with Gasteiger partial charge in [-0.2, -0.15) is 0 Å². The van der Waals surface area contributed by atoms with E-state index >= 15 is 0 Å². The average molecular weight is 323 g/mol. The standard InChI is InChI=1S/C11H17NO4S3/c1-3-19(15,16)6-4-5-17-11-12-8(2)9(18-11)7-10(13)14/h3-7H2,1-2H3,(H,13,14). The van der Waals surface area contributed by atoms with Crippen LogP contribution in [0.15, 0.2) is 4.34 Å². The molecule has 0 aliphatic rings. The van der Waals surface area contributed by atoms with Crippen LogP contribution in [0.1, 0.15) is 23.9 Å². The van der Waals surface area contributed by atoms with E-state index in [2.05, 4.69) is 4.98 Å². The predicted octanol–water partition coefficient (Wildman–Crippen LogP) is 2.00. The molecule has 0 aromatic carbocycles. The fraction of sp³-hybridized carbons (Fsp3) is 0.636. The van der Waals surface area contributed by atoms with Crippen LogP contribution < -0.4 is 0 Å². The summed E-state index contributed by atoms with van der Waals surface area (Å²) in [5.41, 5.74) is 0.746. The molecule has 0 unspecified atom stereocenters. The van der Waals surface area contributed by atoms with Crippen LogP contribution in [0.2, 0.25) is 0 Å². The minimum absolute atomic E-state index is 0.00568. The summed E-state index contributed by atoms with van der Waals surface area (Å²) in [6.07, 6.45) is 0.585. The lowest BCUT2D eigenvalue weighted by Crippen LogP contribution is -2.09. The molecule has 0 saturated heterocycles. The summed E-state index contributed by atoms with van der Waals surface area (Å²) in [4.78, 5) is 15.7. The van der Waals surface area contributed by atoms with Gasteiger partial charge in [-0.25, -0.2) is 13.4 Å². The third-order valence-corrected chi connectivity index (χ3v) is 6.63. The number of carboxylic acids is 1. The SMILES string of the molecule is CCS(=O)(=O)CCCSc1nc(C)c(CC(=O)O)s1. The number of thiazole rings is 1. The van der Waals surface area contributed by atoms with Gasteiger partial charge in [0.25, 0.3) is 0 Å². The molecule has 0 bridgehead atoms. The maximum absolute atomic E-state index is 11.3. The first-order valence-corrected chi connectivity index (χ1v) is 9.47. The second kappa shape index (κ2) is 7.25. The summed E-state index contributed by atoms with van der Waals surface area (Å²) in [5.74, 6) is 0.190. The summed E-state index contributed by atoms with van der Waals surface area (Å²) in [6.45, 7) is 3.44. The van der Waals surface area contributed by atoms with Gasteiger partial charge in [-0.15, -0.1) is 11.3 Å². The molecule has 1 rings (SSSR count). The fourth-order valence-corrected chi connectivity index (χ4v) is 4.64. The van der Waals surface area contributed by atoms with Crippen molar-refractivity contribution in [2.45, 2.75) is 31.0 Å². The minimum Gasteiger partial charge on any atom is -0.481 e. The molecule has 0 aliphatic carbocycles. The van der Waals surface area contributed by atoms with E-state index < -0.39 is 15.8 Å². The molecular formula is C11H17NO4S3. The van der Waals surface area contributed by atoms with Crippen molar-refractivity contribution in [3.63, 3.8) is 0 Å². The first-order valence-electron chi connectivity index (χ1n) is 5.85. The number of rotatable bonds is 8. The molecule has 108 valence electrons. The maximum atomic E-state index is 11.3. The molecule has 1 N–H and O–H groups in total. The highest BCUT2D eigenvalue weighted by atomic mass is 32.2. The van der Waals surface area contributed by atoms with Crippen LogP contribution in [0.25, 0.3) is 0 Å². The Hall–Kier alpha value is -0.600. The van der Waals surface area contributed by atoms with Crippen LogP contribution in [0.5, 0.6) is 0 Å². The van der Waals surface area contributed by atoms with E-state index in [4.69, 9.17) is 5.11 Å². The molecule has 0 aliphatic heterocycles. The Kier molecular flexibility index (Phi) is 6.28. The van der Waals surface area contributed by atoms with Gasteiger partial charge < -0.3 is 5.11 Å². The lowest BCUT2D eigenvalue weighted by atomic mass is 10.3. The van der Waals surface area contributed by atoms with E-state index in [0.717, 1.165) is 14.9 Å². The van der Waals surface area contributed by atoms with Crippen LogP contribution >= 0.6 is 23.1 Å². The Labute approximate surface area is 121 Å². The third-order valence-electron chi connectivity index (χ3n) is 2.45. The van der Waals surface area contributed by atoms with Gasteiger partial charge in [-0.1, -0.05) is 18.7 Å². The minimum atomic E-state index is -2.90. The van der Waals surface area contributed by atoms with Crippen LogP contribution in [-0.4, -0.2) is 41.7 Å². The molecule has 8 heteroatoms. The molecule has 19 heavy (non-hydrogen) atoms. The lowest BCUT2D eigenvalue weighted by Gasteiger charge is -1.99. The number of carbonyl (C=O) groups is 1. The zero-order valence-corrected chi connectivity index (χ0v) is 13.3. The Morgan fingerprint density at radius 3 is 2.74 bits per heavy atom. The van der Waals surface area contributed by atoms with Gasteiger partial charge in [0.15, 0.2) is 0 Å². The highest BCUT2D eigenvalue weighted by molar-refractivity contribution is 8.01. The van der Waals surface area contributed by atoms with E-state index in [9.17, 15) is 13.2 Å². The number of aromatic nitrogens is 1. The second-order valence-electron chi connectivity index (χ2n) is 4.00. The zero-order chi connectivity index (χ0) is 14.5. The number of aryl methyl sites for hydroxylation is 1. The molecule has 1 heterocycles. The molecule has 0 atom stereocenters. The Balaban J connectivity index is 2.44. The molecule has 0 spiro atoms. The lowest BCUT2D eigenvalue weighted by molar-refractivity contribution is -0.136. The Bertz CT molecular complexity index is 536. The normalized spacial score (nSPS) is 11.7. The number of hydrogen-bond acceptors (Lipinski definition) is 6. The Morgan fingerprint density at radius 1 is 1.47 bits per heavy atom. The zero-order valence-electron chi connectivity index (χ0n) is 10.9. The van der Waals surface area contributed by atoms with Crippen LogP contribution in [0.4, 0.5) is 0 Å². The van der Waals surface area contributed by atoms with Crippen molar-refractivity contribution in [1.29, 1.82) is 0 Å². The monoisotopic (exact) mass is 323 g/mol. The summed E-state index contributed by atoms with van der Waals surface area (Å²) in [7, 11) is -2.90. The first kappa shape index (κ1) is 16.5. The van der Waals surface area contributed by atoms with Gasteiger partial charge in [0.1, 0.15) is 14.2 Å². The molecule has 1 aromatic heterocycles. The van der Waals surface area contributed by atoms with Crippen molar-refractivity contribution in [3.8, 4) is 0 Å². The van der Waals surface area contributed by atoms with Crippen LogP contribution in [0, 0.1) is 6.92 Å². The molecule has 0 radical (unpaired) electrons. The smallest absolute Gasteiger partial charge is 0.308 e. The summed E-state index contributed by atoms with van der Waals surface area (Å²) in [6, 6.07) is 0. The van der Waals surface area contributed by atoms with E-state index in [1.165, 1.54) is 23.1 Å². The van der Waals surface area contributed by atoms with Crippen molar-refractivity contribution < 1.29 is 18.3 Å². The van der Waals surface area contributed by atoms with E-state index in [-0.39, 0.29) is 17.9 Å². The largest absolute Gasteiger partial charge is 0.481 e. The number of sulfone groups is 1. The van der Waals surface area contributed by atoms with Crippen molar-refractivity contribution in [2.75, 3.05) is 17.3 Å². The van der Waals surface area contributed by atoms with Crippen LogP contribution in [0.3, 0.4) is 0 Å². The van der Waals surface area contributed by atoms with Gasteiger partial charge >= 0.3 is 5.97 Å². The van der Waals surface area contributed by atoms with Crippen molar-refractivity contribution >= 4 is 38.9 Å². The van der Waals surface area contributed by atoms with Crippen molar-refractivity contribution in [3.05, 3.63) is 10.6 Å². The number of carboxylic acid groups (broad SMARTS) is 1. The number of hydrogen-bond donors (Lipinski definition) is 1. The predicted molar refractivity (Wildman–Crippen MR) is 77.9 cm³/mol. The molecule has 0 saturated carbocycles. The Morgan fingerprint density at radius 2 is 2.16 bits per heavy atom. The third kappa shape index (κ3) is 5.92.